The summed E-state index contributed by atoms with van der Waals surface area (Å²) in [6, 6.07) is 16.0. The molecule has 210 valence electrons. The number of allylic oxidation sites excluding steroid dienone is 4. The van der Waals surface area contributed by atoms with Crippen molar-refractivity contribution >= 4 is 34.8 Å². The molecule has 9 nitrogen and oxygen atoms in total. The number of nitrogens with zero attached hydrogens (tertiary/aromatic N) is 1. The molecule has 3 rings (SSSR count). The lowest BCUT2D eigenvalue weighted by atomic mass is 10.0. The summed E-state index contributed by atoms with van der Waals surface area (Å²) in [5.74, 6) is 2.42. The molecule has 0 radical (unpaired) electrons. The molecule has 0 bridgehead atoms. The molecule has 0 aromatic heterocycles. The lowest BCUT2D eigenvalue weighted by molar-refractivity contribution is 0.0839. The molecule has 2 N–H and O–H groups in total. The van der Waals surface area contributed by atoms with E-state index < -0.39 is 11.9 Å². The average molecular weight is 554 g/mol. The highest BCUT2D eigenvalue weighted by Crippen LogP contribution is 2.38. The van der Waals surface area contributed by atoms with Crippen LogP contribution >= 0.6 is 0 Å². The number of carbonyl (C=O) groups is 3. The van der Waals surface area contributed by atoms with Gasteiger partial charge in [-0.25, -0.2) is 4.79 Å². The van der Waals surface area contributed by atoms with Gasteiger partial charge in [0.2, 0.25) is 5.75 Å². The summed E-state index contributed by atoms with van der Waals surface area (Å²) in [4.78, 5) is 39.7. The SMILES string of the molecule is C#C/C=C\C=C(/C)c1ccc(C(=O)Nc2cccc(NC(=O)N(C)C(=O)c3cc(OC)c(OC)c(OC)c3)c2)cc1. The van der Waals surface area contributed by atoms with Gasteiger partial charge in [0.25, 0.3) is 11.8 Å². The van der Waals surface area contributed by atoms with Crippen molar-refractivity contribution in [3.05, 3.63) is 95.6 Å². The van der Waals surface area contributed by atoms with Crippen molar-refractivity contribution in [3.8, 4) is 29.6 Å². The molecule has 4 amide bonds. The fourth-order valence-electron chi connectivity index (χ4n) is 3.80. The number of hydrogen-bond donors (Lipinski definition) is 2. The Morgan fingerprint density at radius 1 is 0.829 bits per heavy atom. The highest BCUT2D eigenvalue weighted by Gasteiger charge is 2.23. The lowest BCUT2D eigenvalue weighted by Gasteiger charge is -2.19. The number of ether oxygens (including phenoxy) is 3. The monoisotopic (exact) mass is 553 g/mol. The maximum absolute atomic E-state index is 13.1. The summed E-state index contributed by atoms with van der Waals surface area (Å²) < 4.78 is 15.9. The standard InChI is InChI=1S/C32H31N3O6/c1-7-8-9-11-21(2)22-14-16-23(17-15-22)30(36)33-25-12-10-13-26(20-25)34-32(38)35(3)31(37)24-18-27(39-4)29(41-6)28(19-24)40-5/h1,8-20H,2-6H3,(H,33,36)(H,34,38)/b9-8-,21-11+. The van der Waals surface area contributed by atoms with Gasteiger partial charge in [-0.3, -0.25) is 14.5 Å². The summed E-state index contributed by atoms with van der Waals surface area (Å²) in [6.45, 7) is 1.95. The van der Waals surface area contributed by atoms with E-state index in [2.05, 4.69) is 16.6 Å². The first-order valence-electron chi connectivity index (χ1n) is 12.4. The molecule has 0 aliphatic heterocycles. The zero-order valence-electron chi connectivity index (χ0n) is 23.5. The Hall–Kier alpha value is -5.49. The van der Waals surface area contributed by atoms with Crippen molar-refractivity contribution in [2.45, 2.75) is 6.92 Å². The van der Waals surface area contributed by atoms with Crippen LogP contribution in [-0.2, 0) is 0 Å². The van der Waals surface area contributed by atoms with E-state index in [1.165, 1.54) is 40.5 Å². The van der Waals surface area contributed by atoms with Crippen LogP contribution in [0.5, 0.6) is 17.2 Å². The van der Waals surface area contributed by atoms with Crippen molar-refractivity contribution < 1.29 is 28.6 Å². The third-order valence-electron chi connectivity index (χ3n) is 6.03. The third kappa shape index (κ3) is 7.55. The highest BCUT2D eigenvalue weighted by atomic mass is 16.5. The van der Waals surface area contributed by atoms with Crippen LogP contribution in [0.2, 0.25) is 0 Å². The van der Waals surface area contributed by atoms with Gasteiger partial charge in [0.15, 0.2) is 11.5 Å². The normalized spacial score (nSPS) is 10.9. The lowest BCUT2D eigenvalue weighted by Crippen LogP contribution is -2.36. The van der Waals surface area contributed by atoms with Crippen LogP contribution in [0, 0.1) is 12.3 Å². The molecule has 3 aromatic carbocycles. The minimum absolute atomic E-state index is 0.166. The molecule has 0 aliphatic carbocycles. The quantitative estimate of drug-likeness (QED) is 0.254. The van der Waals surface area contributed by atoms with Gasteiger partial charge in [-0.2, -0.15) is 0 Å². The van der Waals surface area contributed by atoms with Crippen molar-refractivity contribution in [2.24, 2.45) is 0 Å². The average Bonchev–Trinajstić information content (AvgIpc) is 2.99. The van der Waals surface area contributed by atoms with Crippen molar-refractivity contribution in [1.29, 1.82) is 0 Å². The highest BCUT2D eigenvalue weighted by molar-refractivity contribution is 6.09. The Morgan fingerprint density at radius 3 is 1.98 bits per heavy atom. The molecule has 0 saturated heterocycles. The number of anilines is 2. The molecular weight excluding hydrogens is 522 g/mol. The summed E-state index contributed by atoms with van der Waals surface area (Å²) in [5, 5.41) is 5.49. The van der Waals surface area contributed by atoms with Gasteiger partial charge in [0.05, 0.1) is 21.3 Å². The van der Waals surface area contributed by atoms with Crippen LogP contribution in [-0.4, -0.2) is 51.1 Å². The molecule has 41 heavy (non-hydrogen) atoms. The van der Waals surface area contributed by atoms with Gasteiger partial charge in [0, 0.05) is 29.5 Å². The summed E-state index contributed by atoms with van der Waals surface area (Å²) in [7, 11) is 5.67. The first-order valence-corrected chi connectivity index (χ1v) is 12.4. The van der Waals surface area contributed by atoms with Gasteiger partial charge < -0.3 is 24.8 Å². The van der Waals surface area contributed by atoms with Crippen LogP contribution in [0.25, 0.3) is 5.57 Å². The summed E-state index contributed by atoms with van der Waals surface area (Å²) in [6.07, 6.45) is 10.5. The van der Waals surface area contributed by atoms with Crippen LogP contribution < -0.4 is 24.8 Å². The molecule has 0 saturated carbocycles. The minimum Gasteiger partial charge on any atom is -0.493 e. The second kappa shape index (κ2) is 14.1. The second-order valence-electron chi connectivity index (χ2n) is 8.70. The number of rotatable bonds is 9. The number of terminal acetylenes is 1. The van der Waals surface area contributed by atoms with E-state index in [9.17, 15) is 14.4 Å². The maximum Gasteiger partial charge on any atom is 0.328 e. The number of urea groups is 1. The van der Waals surface area contributed by atoms with E-state index in [0.717, 1.165) is 16.0 Å². The molecule has 0 heterocycles. The van der Waals surface area contributed by atoms with Crippen molar-refractivity contribution in [1.82, 2.24) is 4.90 Å². The van der Waals surface area contributed by atoms with E-state index in [0.29, 0.717) is 22.7 Å². The topological polar surface area (TPSA) is 106 Å². The summed E-state index contributed by atoms with van der Waals surface area (Å²) >= 11 is 0. The number of methoxy groups -OCH3 is 3. The number of nitrogens with one attached hydrogen (secondary N) is 2. The predicted molar refractivity (Wildman–Crippen MR) is 160 cm³/mol. The van der Waals surface area contributed by atoms with Gasteiger partial charge >= 0.3 is 6.03 Å². The molecular formula is C32H31N3O6. The number of carbonyl (C=O) groups excluding carboxylic acids is 3. The smallest absolute Gasteiger partial charge is 0.328 e. The first kappa shape index (κ1) is 30.1. The van der Waals surface area contributed by atoms with Gasteiger partial charge in [-0.05, 0) is 66.6 Å². The van der Waals surface area contributed by atoms with Gasteiger partial charge in [-0.15, -0.1) is 6.42 Å². The van der Waals surface area contributed by atoms with Crippen LogP contribution in [0.1, 0.15) is 33.2 Å². The number of imide groups is 1. The van der Waals surface area contributed by atoms with Crippen LogP contribution in [0.3, 0.4) is 0 Å². The summed E-state index contributed by atoms with van der Waals surface area (Å²) in [5.41, 5.74) is 3.43. The van der Waals surface area contributed by atoms with Crippen LogP contribution in [0.15, 0.2) is 78.9 Å². The maximum atomic E-state index is 13.1. The van der Waals surface area contributed by atoms with E-state index in [4.69, 9.17) is 20.6 Å². The number of benzene rings is 3. The van der Waals surface area contributed by atoms with E-state index in [1.807, 2.05) is 25.1 Å². The van der Waals surface area contributed by atoms with E-state index in [-0.39, 0.29) is 23.0 Å². The molecule has 0 spiro atoms. The molecule has 0 aliphatic rings. The van der Waals surface area contributed by atoms with E-state index in [1.54, 1.807) is 48.6 Å². The molecule has 0 unspecified atom stereocenters. The van der Waals surface area contributed by atoms with Crippen LogP contribution in [0.4, 0.5) is 16.2 Å². The second-order valence-corrected chi connectivity index (χ2v) is 8.70. The predicted octanol–water partition coefficient (Wildman–Crippen LogP) is 5.86. The molecule has 0 fully saturated rings. The van der Waals surface area contributed by atoms with E-state index >= 15 is 0 Å². The minimum atomic E-state index is -0.677. The Morgan fingerprint density at radius 2 is 1.41 bits per heavy atom. The van der Waals surface area contributed by atoms with Crippen molar-refractivity contribution in [2.75, 3.05) is 39.0 Å². The molecule has 0 atom stereocenters. The fraction of sp³-hybridized carbons (Fsp3) is 0.156. The largest absolute Gasteiger partial charge is 0.493 e. The Labute approximate surface area is 239 Å². The molecule has 9 heteroatoms. The number of hydrogen-bond acceptors (Lipinski definition) is 6. The zero-order valence-corrected chi connectivity index (χ0v) is 23.5. The van der Waals surface area contributed by atoms with Gasteiger partial charge in [0.1, 0.15) is 0 Å². The van der Waals surface area contributed by atoms with Crippen molar-refractivity contribution in [3.63, 3.8) is 0 Å². The van der Waals surface area contributed by atoms with Gasteiger partial charge in [-0.1, -0.05) is 36.3 Å². The Bertz CT molecular complexity index is 1510. The number of amides is 4. The zero-order chi connectivity index (χ0) is 29.9. The first-order chi connectivity index (χ1) is 19.7. The fourth-order valence-corrected chi connectivity index (χ4v) is 3.80. The Kier molecular flexibility index (Phi) is 10.3. The third-order valence-corrected chi connectivity index (χ3v) is 6.03. The molecule has 3 aromatic rings. The Balaban J connectivity index is 1.68.